The van der Waals surface area contributed by atoms with E-state index in [1.165, 1.54) is 11.0 Å². The quantitative estimate of drug-likeness (QED) is 0.136. The zero-order chi connectivity index (χ0) is 41.0. The Bertz CT molecular complexity index is 2330. The Labute approximate surface area is 351 Å². The number of anilines is 3. The van der Waals surface area contributed by atoms with Crippen LogP contribution in [0.25, 0.3) is 0 Å². The van der Waals surface area contributed by atoms with Gasteiger partial charge in [0.05, 0.1) is 66.5 Å². The van der Waals surface area contributed by atoms with Crippen LogP contribution in [0.4, 0.5) is 17.1 Å². The highest BCUT2D eigenvalue weighted by atomic mass is 35.5. The zero-order valence-corrected chi connectivity index (χ0v) is 33.7. The fourth-order valence-corrected chi connectivity index (χ4v) is 10.5. The first-order valence-corrected chi connectivity index (χ1v) is 20.5. The summed E-state index contributed by atoms with van der Waals surface area (Å²) in [4.78, 5) is 63.2. The Morgan fingerprint density at radius 3 is 2.20 bits per heavy atom. The van der Waals surface area contributed by atoms with Crippen LogP contribution in [0.15, 0.2) is 103 Å². The minimum atomic E-state index is -1.50. The summed E-state index contributed by atoms with van der Waals surface area (Å²) >= 11 is 12.8. The molecule has 6 atom stereocenters. The predicted molar refractivity (Wildman–Crippen MR) is 222 cm³/mol. The smallest absolute Gasteiger partial charge is 0.260 e. The fourth-order valence-electron chi connectivity index (χ4n) is 10.0. The number of hydrogen-bond donors (Lipinski definition) is 2. The highest BCUT2D eigenvalue weighted by molar-refractivity contribution is 6.36. The van der Waals surface area contributed by atoms with Gasteiger partial charge in [0.15, 0.2) is 0 Å². The Hall–Kier alpha value is -5.40. The van der Waals surface area contributed by atoms with Gasteiger partial charge in [0.2, 0.25) is 11.8 Å². The zero-order valence-electron chi connectivity index (χ0n) is 32.2. The van der Waals surface area contributed by atoms with Crippen LogP contribution in [0, 0.1) is 23.7 Å². The van der Waals surface area contributed by atoms with Crippen molar-refractivity contribution in [1.29, 1.82) is 0 Å². The van der Waals surface area contributed by atoms with Gasteiger partial charge in [-0.05, 0) is 96.6 Å². The standard InChI is InChI=1S/C45H42Cl2N4O8/c1-57-31-13-4-27(5-14-31)45-36(42(54)51(44(45)56)48-38-17-6-28(46)24-37(38)47)25-35-33(40(45)26-2-11-32(12-3-26)59-23-20-52)15-16-34-39(35)43(55)50(41(34)53)30-9-7-29(8-10-30)49-18-21-58-22-19-49/h2-15,17,24,34-36,39-40,48,52H,16,18-23,25H2,1H3. The molecule has 0 spiro atoms. The van der Waals surface area contributed by atoms with Crippen molar-refractivity contribution in [1.82, 2.24) is 5.01 Å². The van der Waals surface area contributed by atoms with Crippen LogP contribution < -0.4 is 24.7 Å². The van der Waals surface area contributed by atoms with Gasteiger partial charge < -0.3 is 24.2 Å². The first-order chi connectivity index (χ1) is 28.6. The number of fused-ring (bicyclic) bond motifs is 4. The average molecular weight is 838 g/mol. The number of hydrazine groups is 1. The molecule has 9 rings (SSSR count). The number of benzene rings is 4. The maximum absolute atomic E-state index is 15.5. The van der Waals surface area contributed by atoms with E-state index in [1.54, 1.807) is 43.5 Å². The number of amides is 4. The van der Waals surface area contributed by atoms with Crippen LogP contribution in [0.5, 0.6) is 11.5 Å². The van der Waals surface area contributed by atoms with Crippen LogP contribution >= 0.6 is 23.2 Å². The number of carbonyl (C=O) groups is 4. The second-order valence-electron chi connectivity index (χ2n) is 15.5. The topological polar surface area (TPSA) is 138 Å². The molecule has 3 aliphatic heterocycles. The molecule has 4 aromatic rings. The van der Waals surface area contributed by atoms with Gasteiger partial charge in [-0.25, -0.2) is 0 Å². The number of rotatable bonds is 10. The van der Waals surface area contributed by atoms with Gasteiger partial charge in [0, 0.05) is 29.7 Å². The van der Waals surface area contributed by atoms with Crippen LogP contribution in [0.3, 0.4) is 0 Å². The van der Waals surface area contributed by atoms with Crippen molar-refractivity contribution in [3.63, 3.8) is 0 Å². The molecule has 12 nitrogen and oxygen atoms in total. The summed E-state index contributed by atoms with van der Waals surface area (Å²) in [5.41, 5.74) is 5.45. The maximum atomic E-state index is 15.5. The number of nitrogens with one attached hydrogen (secondary N) is 1. The van der Waals surface area contributed by atoms with E-state index in [4.69, 9.17) is 37.4 Å². The summed E-state index contributed by atoms with van der Waals surface area (Å²) in [6.45, 7) is 2.70. The van der Waals surface area contributed by atoms with Crippen molar-refractivity contribution in [3.8, 4) is 11.5 Å². The van der Waals surface area contributed by atoms with Gasteiger partial charge in [0.1, 0.15) is 18.1 Å². The fraction of sp³-hybridized carbons (Fsp3) is 0.333. The molecule has 2 aliphatic carbocycles. The molecule has 14 heteroatoms. The molecule has 3 heterocycles. The lowest BCUT2D eigenvalue weighted by molar-refractivity contribution is -0.138. The van der Waals surface area contributed by atoms with E-state index >= 15 is 9.59 Å². The number of carbonyl (C=O) groups excluding carboxylic acids is 4. The maximum Gasteiger partial charge on any atom is 0.260 e. The van der Waals surface area contributed by atoms with E-state index in [9.17, 15) is 14.7 Å². The van der Waals surface area contributed by atoms with Crippen molar-refractivity contribution in [2.45, 2.75) is 24.2 Å². The number of hydrogen-bond acceptors (Lipinski definition) is 10. The van der Waals surface area contributed by atoms with Crippen molar-refractivity contribution in [3.05, 3.63) is 124 Å². The van der Waals surface area contributed by atoms with E-state index in [2.05, 4.69) is 10.3 Å². The minimum absolute atomic E-state index is 0.0976. The van der Waals surface area contributed by atoms with E-state index < -0.39 is 46.8 Å². The van der Waals surface area contributed by atoms with Crippen molar-refractivity contribution in [2.75, 3.05) is 61.9 Å². The van der Waals surface area contributed by atoms with Gasteiger partial charge in [-0.1, -0.05) is 59.1 Å². The SMILES string of the molecule is COc1ccc(C23C(=O)N(Nc4ccc(Cl)cc4Cl)C(=O)C2CC2C(=CCC4C(=O)N(c5ccc(N6CCOCC6)cc5)C(=O)C42)C3c2ccc(OCCO)cc2)cc1. The van der Waals surface area contributed by atoms with Gasteiger partial charge in [-0.3, -0.25) is 29.5 Å². The second-order valence-corrected chi connectivity index (χ2v) is 16.3. The summed E-state index contributed by atoms with van der Waals surface area (Å²) in [5.74, 6) is -4.17. The molecule has 304 valence electrons. The van der Waals surface area contributed by atoms with Crippen LogP contribution in [-0.2, 0) is 29.3 Å². The number of imide groups is 2. The van der Waals surface area contributed by atoms with Gasteiger partial charge in [-0.2, -0.15) is 5.01 Å². The molecular formula is C45H42Cl2N4O8. The molecule has 0 radical (unpaired) electrons. The van der Waals surface area contributed by atoms with Crippen LogP contribution in [0.1, 0.15) is 29.9 Å². The second kappa shape index (κ2) is 15.6. The molecule has 5 aliphatic rings. The Kier molecular flexibility index (Phi) is 10.4. The normalized spacial score (nSPS) is 26.3. The molecule has 4 aromatic carbocycles. The lowest BCUT2D eigenvalue weighted by Gasteiger charge is -2.50. The number of morpholine rings is 1. The molecule has 2 N–H and O–H groups in total. The van der Waals surface area contributed by atoms with E-state index in [1.807, 2.05) is 54.6 Å². The summed E-state index contributed by atoms with van der Waals surface area (Å²) in [7, 11) is 1.56. The Balaban J connectivity index is 1.16. The summed E-state index contributed by atoms with van der Waals surface area (Å²) in [5, 5.41) is 11.1. The Morgan fingerprint density at radius 1 is 0.831 bits per heavy atom. The summed E-state index contributed by atoms with van der Waals surface area (Å²) < 4.78 is 16.7. The lowest BCUT2D eigenvalue weighted by atomic mass is 9.49. The van der Waals surface area contributed by atoms with Gasteiger partial charge in [0.25, 0.3) is 11.8 Å². The Morgan fingerprint density at radius 2 is 1.53 bits per heavy atom. The van der Waals surface area contributed by atoms with E-state index in [0.29, 0.717) is 46.7 Å². The van der Waals surface area contributed by atoms with E-state index in [-0.39, 0.29) is 42.9 Å². The summed E-state index contributed by atoms with van der Waals surface area (Å²) in [6, 6.07) is 26.7. The van der Waals surface area contributed by atoms with Gasteiger partial charge >= 0.3 is 0 Å². The van der Waals surface area contributed by atoms with Gasteiger partial charge in [-0.15, -0.1) is 0 Å². The number of aliphatic hydroxyl groups excluding tert-OH is 1. The molecule has 6 unspecified atom stereocenters. The monoisotopic (exact) mass is 836 g/mol. The largest absolute Gasteiger partial charge is 0.497 e. The highest BCUT2D eigenvalue weighted by Gasteiger charge is 2.70. The van der Waals surface area contributed by atoms with Crippen LogP contribution in [0.2, 0.25) is 10.0 Å². The third-order valence-electron chi connectivity index (χ3n) is 12.6. The summed E-state index contributed by atoms with van der Waals surface area (Å²) in [6.07, 6.45) is 2.44. The van der Waals surface area contributed by atoms with Crippen molar-refractivity contribution in [2.24, 2.45) is 23.7 Å². The molecule has 0 bridgehead atoms. The lowest BCUT2D eigenvalue weighted by Crippen LogP contribution is -2.53. The first-order valence-electron chi connectivity index (χ1n) is 19.7. The highest BCUT2D eigenvalue weighted by Crippen LogP contribution is 2.64. The number of methoxy groups -OCH3 is 1. The van der Waals surface area contributed by atoms with Crippen molar-refractivity contribution < 1.29 is 38.5 Å². The van der Waals surface area contributed by atoms with Crippen LogP contribution in [-0.4, -0.2) is 80.4 Å². The minimum Gasteiger partial charge on any atom is -0.497 e. The first kappa shape index (κ1) is 39.1. The molecule has 4 amide bonds. The molecule has 3 saturated heterocycles. The van der Waals surface area contributed by atoms with E-state index in [0.717, 1.165) is 34.9 Å². The van der Waals surface area contributed by atoms with Crippen molar-refractivity contribution >= 4 is 63.9 Å². The molecular weight excluding hydrogens is 795 g/mol. The number of allylic oxidation sites excluding steroid dienone is 2. The number of nitrogens with zero attached hydrogens (tertiary/aromatic N) is 3. The third kappa shape index (κ3) is 6.44. The molecule has 0 aromatic heterocycles. The average Bonchev–Trinajstić information content (AvgIpc) is 3.64. The number of aliphatic hydroxyl groups is 1. The predicted octanol–water partition coefficient (Wildman–Crippen LogP) is 6.40. The third-order valence-corrected chi connectivity index (χ3v) is 13.2. The molecule has 59 heavy (non-hydrogen) atoms. The number of ether oxygens (including phenoxy) is 3. The molecule has 1 saturated carbocycles. The molecule has 4 fully saturated rings. The number of halogens is 2.